The molecule has 0 saturated heterocycles. The lowest BCUT2D eigenvalue weighted by molar-refractivity contribution is -0.0283. The molecule has 1 heterocycles. The number of H-pyrrole nitrogens is 1. The van der Waals surface area contributed by atoms with Gasteiger partial charge in [0.1, 0.15) is 0 Å². The number of nitrogens with one attached hydrogen (secondary N) is 3. The van der Waals surface area contributed by atoms with E-state index in [1.165, 1.54) is 0 Å². The zero-order valence-corrected chi connectivity index (χ0v) is 14.9. The molecule has 2 aromatic carbocycles. The lowest BCUT2D eigenvalue weighted by Crippen LogP contribution is -2.54. The van der Waals surface area contributed by atoms with Crippen LogP contribution in [0.5, 0.6) is 0 Å². The Morgan fingerprint density at radius 2 is 1.70 bits per heavy atom. The number of urea groups is 1. The van der Waals surface area contributed by atoms with E-state index in [0.29, 0.717) is 12.8 Å². The van der Waals surface area contributed by atoms with Crippen molar-refractivity contribution in [2.24, 2.45) is 5.41 Å². The third-order valence-electron chi connectivity index (χ3n) is 5.37. The number of anilines is 1. The van der Waals surface area contributed by atoms with Gasteiger partial charge in [-0.2, -0.15) is 0 Å². The highest BCUT2D eigenvalue weighted by molar-refractivity contribution is 6.07. The minimum absolute atomic E-state index is 0.0466. The molecule has 0 atom stereocenters. The highest BCUT2D eigenvalue weighted by Gasteiger charge is 2.44. The van der Waals surface area contributed by atoms with Gasteiger partial charge in [-0.3, -0.25) is 0 Å². The molecule has 1 aromatic heterocycles. The quantitative estimate of drug-likeness (QED) is 0.481. The van der Waals surface area contributed by atoms with Crippen LogP contribution in [0.15, 0.2) is 54.6 Å². The van der Waals surface area contributed by atoms with E-state index in [2.05, 4.69) is 15.6 Å². The van der Waals surface area contributed by atoms with Gasteiger partial charge in [-0.25, -0.2) is 4.79 Å². The number of rotatable bonds is 5. The average Bonchev–Trinajstić information content (AvgIpc) is 3.03. The fraction of sp³-hybridized carbons (Fsp3) is 0.286. The van der Waals surface area contributed by atoms with Crippen molar-refractivity contribution in [1.29, 1.82) is 0 Å². The van der Waals surface area contributed by atoms with Gasteiger partial charge in [-0.15, -0.1) is 0 Å². The van der Waals surface area contributed by atoms with Gasteiger partial charge in [-0.1, -0.05) is 48.5 Å². The number of aromatic amines is 1. The van der Waals surface area contributed by atoms with Crippen LogP contribution in [0, 0.1) is 5.41 Å². The summed E-state index contributed by atoms with van der Waals surface area (Å²) in [7, 11) is 0. The molecule has 0 spiro atoms. The van der Waals surface area contributed by atoms with Gasteiger partial charge in [0.05, 0.1) is 24.6 Å². The number of aromatic nitrogens is 1. The summed E-state index contributed by atoms with van der Waals surface area (Å²) in [6.45, 7) is -0.131. The molecular weight excluding hydrogens is 342 g/mol. The van der Waals surface area contributed by atoms with Crippen LogP contribution in [-0.4, -0.2) is 40.5 Å². The van der Waals surface area contributed by atoms with Crippen LogP contribution in [-0.2, 0) is 0 Å². The molecule has 140 valence electrons. The number of carbonyl (C=O) groups is 1. The third-order valence-corrected chi connectivity index (χ3v) is 5.37. The van der Waals surface area contributed by atoms with Crippen molar-refractivity contribution >= 4 is 22.6 Å². The average molecular weight is 365 g/mol. The van der Waals surface area contributed by atoms with Crippen LogP contribution in [0.3, 0.4) is 0 Å². The maximum atomic E-state index is 12.6. The molecular formula is C21H23N3O3. The number of hydrogen-bond donors (Lipinski definition) is 5. The molecule has 2 amide bonds. The van der Waals surface area contributed by atoms with E-state index in [1.54, 1.807) is 0 Å². The Bertz CT molecular complexity index is 940. The Morgan fingerprint density at radius 3 is 2.41 bits per heavy atom. The summed E-state index contributed by atoms with van der Waals surface area (Å²) < 4.78 is 0. The second-order valence-electron chi connectivity index (χ2n) is 7.31. The van der Waals surface area contributed by atoms with Crippen molar-refractivity contribution in [3.8, 4) is 11.3 Å². The number of benzene rings is 2. The first kappa shape index (κ1) is 17.6. The molecule has 0 bridgehead atoms. The number of aliphatic hydroxyl groups is 2. The maximum Gasteiger partial charge on any atom is 0.319 e. The molecule has 6 heteroatoms. The predicted octanol–water partition coefficient (Wildman–Crippen LogP) is 3.09. The molecule has 1 aliphatic rings. The van der Waals surface area contributed by atoms with E-state index < -0.39 is 5.41 Å². The molecule has 4 rings (SSSR count). The van der Waals surface area contributed by atoms with Gasteiger partial charge in [0.25, 0.3) is 0 Å². The van der Waals surface area contributed by atoms with Crippen molar-refractivity contribution in [3.05, 3.63) is 54.6 Å². The van der Waals surface area contributed by atoms with Gasteiger partial charge >= 0.3 is 6.03 Å². The van der Waals surface area contributed by atoms with Crippen molar-refractivity contribution in [2.45, 2.75) is 18.9 Å². The Balaban J connectivity index is 1.56. The second-order valence-corrected chi connectivity index (χ2v) is 7.31. The molecule has 1 aliphatic carbocycles. The van der Waals surface area contributed by atoms with Gasteiger partial charge in [0.2, 0.25) is 0 Å². The summed E-state index contributed by atoms with van der Waals surface area (Å²) in [6.07, 6.45) is 1.15. The van der Waals surface area contributed by atoms with Crippen molar-refractivity contribution in [1.82, 2.24) is 10.3 Å². The highest BCUT2D eigenvalue weighted by atomic mass is 16.3. The molecule has 0 unspecified atom stereocenters. The first-order valence-electron chi connectivity index (χ1n) is 9.09. The Labute approximate surface area is 157 Å². The van der Waals surface area contributed by atoms with E-state index in [0.717, 1.165) is 27.8 Å². The summed E-state index contributed by atoms with van der Waals surface area (Å²) in [5.74, 6) is 0. The normalized spacial score (nSPS) is 16.1. The smallest absolute Gasteiger partial charge is 0.319 e. The van der Waals surface area contributed by atoms with Crippen LogP contribution in [0.25, 0.3) is 22.2 Å². The number of amides is 2. The third kappa shape index (κ3) is 3.29. The van der Waals surface area contributed by atoms with Gasteiger partial charge in [-0.05, 0) is 18.9 Å². The molecule has 3 aromatic rings. The van der Waals surface area contributed by atoms with Gasteiger partial charge < -0.3 is 25.8 Å². The van der Waals surface area contributed by atoms with E-state index in [-0.39, 0.29) is 25.3 Å². The van der Waals surface area contributed by atoms with Crippen LogP contribution < -0.4 is 10.6 Å². The Morgan fingerprint density at radius 1 is 1.04 bits per heavy atom. The fourth-order valence-electron chi connectivity index (χ4n) is 3.82. The van der Waals surface area contributed by atoms with E-state index in [4.69, 9.17) is 0 Å². The second kappa shape index (κ2) is 7.06. The summed E-state index contributed by atoms with van der Waals surface area (Å²) in [4.78, 5) is 16.0. The van der Waals surface area contributed by atoms with E-state index >= 15 is 0 Å². The highest BCUT2D eigenvalue weighted by Crippen LogP contribution is 2.40. The summed E-state index contributed by atoms with van der Waals surface area (Å²) in [6, 6.07) is 17.4. The zero-order valence-electron chi connectivity index (χ0n) is 14.9. The van der Waals surface area contributed by atoms with Crippen LogP contribution in [0.4, 0.5) is 10.5 Å². The van der Waals surface area contributed by atoms with Gasteiger partial charge in [0, 0.05) is 27.9 Å². The molecule has 27 heavy (non-hydrogen) atoms. The molecule has 1 saturated carbocycles. The largest absolute Gasteiger partial charge is 0.396 e. The molecule has 5 N–H and O–H groups in total. The number of para-hydroxylation sites is 1. The zero-order chi connectivity index (χ0) is 18.9. The first-order valence-corrected chi connectivity index (χ1v) is 9.09. The standard InChI is InChI=1S/C21H23N3O3/c25-12-21(13-26)10-15(11-21)22-20(27)24-19-16-8-4-5-9-17(16)23-18(19)14-6-2-1-3-7-14/h1-9,15,23,25-26H,10-13H2,(H2,22,24,27). The van der Waals surface area contributed by atoms with Crippen LogP contribution >= 0.6 is 0 Å². The van der Waals surface area contributed by atoms with Crippen molar-refractivity contribution in [2.75, 3.05) is 18.5 Å². The number of aliphatic hydroxyl groups excluding tert-OH is 2. The van der Waals surface area contributed by atoms with Crippen molar-refractivity contribution < 1.29 is 15.0 Å². The minimum Gasteiger partial charge on any atom is -0.396 e. The van der Waals surface area contributed by atoms with Crippen LogP contribution in [0.2, 0.25) is 0 Å². The number of carbonyl (C=O) groups excluding carboxylic acids is 1. The van der Waals surface area contributed by atoms with Crippen molar-refractivity contribution in [3.63, 3.8) is 0 Å². The Kier molecular flexibility index (Phi) is 4.59. The molecule has 0 radical (unpaired) electrons. The van der Waals surface area contributed by atoms with Crippen LogP contribution in [0.1, 0.15) is 12.8 Å². The molecule has 1 fully saturated rings. The SMILES string of the molecule is O=C(Nc1c(-c2ccccc2)[nH]c2ccccc12)NC1CC(CO)(CO)C1. The Hall–Kier alpha value is -2.83. The summed E-state index contributed by atoms with van der Waals surface area (Å²) >= 11 is 0. The summed E-state index contributed by atoms with van der Waals surface area (Å²) in [5, 5.41) is 25.6. The monoisotopic (exact) mass is 365 g/mol. The summed E-state index contributed by atoms with van der Waals surface area (Å²) in [5.41, 5.74) is 3.08. The lowest BCUT2D eigenvalue weighted by Gasteiger charge is -2.45. The maximum absolute atomic E-state index is 12.6. The fourth-order valence-corrected chi connectivity index (χ4v) is 3.82. The number of hydrogen-bond acceptors (Lipinski definition) is 3. The number of fused-ring (bicyclic) bond motifs is 1. The lowest BCUT2D eigenvalue weighted by atomic mass is 9.66. The molecule has 0 aliphatic heterocycles. The minimum atomic E-state index is -0.464. The topological polar surface area (TPSA) is 97.4 Å². The van der Waals surface area contributed by atoms with E-state index in [9.17, 15) is 15.0 Å². The van der Waals surface area contributed by atoms with Gasteiger partial charge in [0.15, 0.2) is 0 Å². The van der Waals surface area contributed by atoms with E-state index in [1.807, 2.05) is 54.6 Å². The predicted molar refractivity (Wildman–Crippen MR) is 106 cm³/mol. The first-order chi connectivity index (χ1) is 13.1. The molecule has 6 nitrogen and oxygen atoms in total.